The van der Waals surface area contributed by atoms with Gasteiger partial charge in [0.2, 0.25) is 0 Å². The Balaban J connectivity index is 1.48. The Hall–Kier alpha value is -3.87. The lowest BCUT2D eigenvalue weighted by atomic mass is 10.2. The molecule has 0 N–H and O–H groups in total. The van der Waals surface area contributed by atoms with Crippen LogP contribution >= 0.6 is 23.1 Å². The monoisotopic (exact) mass is 475 g/mol. The summed E-state index contributed by atoms with van der Waals surface area (Å²) in [6.45, 7) is 0.237. The van der Waals surface area contributed by atoms with E-state index in [0.717, 1.165) is 25.7 Å². The lowest BCUT2D eigenvalue weighted by Crippen LogP contribution is -1.98. The molecule has 4 aromatic rings. The van der Waals surface area contributed by atoms with E-state index < -0.39 is 4.92 Å². The van der Waals surface area contributed by atoms with Crippen LogP contribution in [0.2, 0.25) is 0 Å². The maximum Gasteiger partial charge on any atom is 0.269 e. The Morgan fingerprint density at radius 3 is 2.67 bits per heavy atom. The van der Waals surface area contributed by atoms with Crippen molar-refractivity contribution in [3.8, 4) is 17.6 Å². The number of para-hydroxylation sites is 1. The molecule has 3 aromatic carbocycles. The van der Waals surface area contributed by atoms with Crippen molar-refractivity contribution < 1.29 is 14.4 Å². The zero-order chi connectivity index (χ0) is 23.2. The summed E-state index contributed by atoms with van der Waals surface area (Å²) in [4.78, 5) is 15.4. The average Bonchev–Trinajstić information content (AvgIpc) is 3.25. The maximum absolute atomic E-state index is 10.8. The Labute approximate surface area is 198 Å². The van der Waals surface area contributed by atoms with E-state index in [2.05, 4.69) is 11.1 Å². The molecular formula is C24H17N3O4S2. The van der Waals surface area contributed by atoms with Crippen molar-refractivity contribution in [2.24, 2.45) is 0 Å². The predicted molar refractivity (Wildman–Crippen MR) is 129 cm³/mol. The summed E-state index contributed by atoms with van der Waals surface area (Å²) in [6, 6.07) is 21.7. The second-order valence-corrected chi connectivity index (χ2v) is 9.11. The van der Waals surface area contributed by atoms with Gasteiger partial charge in [0, 0.05) is 12.1 Å². The van der Waals surface area contributed by atoms with E-state index in [0.29, 0.717) is 16.4 Å². The van der Waals surface area contributed by atoms with Crippen LogP contribution in [0.3, 0.4) is 0 Å². The van der Waals surface area contributed by atoms with Crippen molar-refractivity contribution in [2.45, 2.75) is 10.9 Å². The second-order valence-electron chi connectivity index (χ2n) is 6.79. The number of ether oxygens (including phenoxy) is 2. The van der Waals surface area contributed by atoms with Crippen molar-refractivity contribution in [3.05, 3.63) is 92.9 Å². The minimum atomic E-state index is -0.440. The van der Waals surface area contributed by atoms with Gasteiger partial charge in [0.05, 0.1) is 27.2 Å². The van der Waals surface area contributed by atoms with Gasteiger partial charge in [0.25, 0.3) is 5.69 Å². The first kappa shape index (κ1) is 22.3. The molecule has 0 fully saturated rings. The predicted octanol–water partition coefficient (Wildman–Crippen LogP) is 6.45. The van der Waals surface area contributed by atoms with E-state index in [-0.39, 0.29) is 12.3 Å². The van der Waals surface area contributed by atoms with Crippen LogP contribution in [-0.4, -0.2) is 17.0 Å². The molecular weight excluding hydrogens is 458 g/mol. The number of nitro benzene ring substituents is 1. The number of hydrogen-bond acceptors (Lipinski definition) is 8. The van der Waals surface area contributed by atoms with Gasteiger partial charge in [-0.25, -0.2) is 4.98 Å². The zero-order valence-corrected chi connectivity index (χ0v) is 19.1. The van der Waals surface area contributed by atoms with Gasteiger partial charge in [-0.2, -0.15) is 5.26 Å². The van der Waals surface area contributed by atoms with Crippen molar-refractivity contribution in [2.75, 3.05) is 7.11 Å². The molecule has 0 aliphatic rings. The van der Waals surface area contributed by atoms with Crippen LogP contribution in [0.15, 0.2) is 76.0 Å². The van der Waals surface area contributed by atoms with Crippen molar-refractivity contribution in [1.82, 2.24) is 4.98 Å². The molecule has 0 aliphatic carbocycles. The van der Waals surface area contributed by atoms with Gasteiger partial charge in [-0.1, -0.05) is 18.2 Å². The van der Waals surface area contributed by atoms with Gasteiger partial charge in [-0.3, -0.25) is 10.1 Å². The van der Waals surface area contributed by atoms with Crippen LogP contribution in [0.1, 0.15) is 11.1 Å². The average molecular weight is 476 g/mol. The van der Waals surface area contributed by atoms with Gasteiger partial charge >= 0.3 is 0 Å². The molecule has 164 valence electrons. The largest absolute Gasteiger partial charge is 0.493 e. The third-order valence-electron chi connectivity index (χ3n) is 4.61. The zero-order valence-electron chi connectivity index (χ0n) is 17.4. The van der Waals surface area contributed by atoms with Crippen molar-refractivity contribution in [1.29, 1.82) is 5.26 Å². The van der Waals surface area contributed by atoms with Gasteiger partial charge < -0.3 is 9.47 Å². The Kier molecular flexibility index (Phi) is 6.88. The minimum Gasteiger partial charge on any atom is -0.493 e. The molecule has 0 aliphatic heterocycles. The molecule has 4 rings (SSSR count). The molecule has 0 saturated carbocycles. The summed E-state index contributed by atoms with van der Waals surface area (Å²) in [5.41, 5.74) is 2.54. The van der Waals surface area contributed by atoms with Gasteiger partial charge in [0.15, 0.2) is 15.8 Å². The second kappa shape index (κ2) is 10.2. The number of fused-ring (bicyclic) bond motifs is 1. The normalized spacial score (nSPS) is 11.2. The Bertz CT molecular complexity index is 1340. The number of nitriles is 1. The number of thiazole rings is 1. The summed E-state index contributed by atoms with van der Waals surface area (Å²) < 4.78 is 13.2. The first-order valence-corrected chi connectivity index (χ1v) is 11.4. The molecule has 1 aromatic heterocycles. The number of nitro groups is 1. The van der Waals surface area contributed by atoms with Crippen molar-refractivity contribution >= 4 is 45.1 Å². The number of allylic oxidation sites excluding steroid dienone is 1. The number of methoxy groups -OCH3 is 1. The Morgan fingerprint density at radius 1 is 1.18 bits per heavy atom. The first-order chi connectivity index (χ1) is 16.1. The fourth-order valence-corrected chi connectivity index (χ4v) is 4.97. The number of hydrogen-bond donors (Lipinski definition) is 0. The molecule has 7 nitrogen and oxygen atoms in total. The van der Waals surface area contributed by atoms with Gasteiger partial charge in [-0.15, -0.1) is 11.3 Å². The summed E-state index contributed by atoms with van der Waals surface area (Å²) in [6.07, 6.45) is 1.78. The number of rotatable bonds is 8. The third kappa shape index (κ3) is 5.49. The van der Waals surface area contributed by atoms with Crippen LogP contribution < -0.4 is 9.47 Å². The maximum atomic E-state index is 10.8. The van der Waals surface area contributed by atoms with Gasteiger partial charge in [-0.05, 0) is 65.4 Å². The van der Waals surface area contributed by atoms with E-state index >= 15 is 0 Å². The summed E-state index contributed by atoms with van der Waals surface area (Å²) in [5.74, 6) is 1.05. The summed E-state index contributed by atoms with van der Waals surface area (Å²) in [7, 11) is 1.54. The molecule has 0 amide bonds. The van der Waals surface area contributed by atoms with E-state index in [1.165, 1.54) is 23.9 Å². The molecule has 33 heavy (non-hydrogen) atoms. The number of aromatic nitrogens is 1. The standard InChI is InChI=1S/C24H17N3O4S2/c1-30-22-13-17(8-11-21(22)31-15-16-6-9-18(10-7-16)27(28)29)12-19(14-25)32-24-26-20-4-2-3-5-23(20)33-24/h2-13H,15H2,1H3. The number of benzene rings is 3. The molecule has 0 radical (unpaired) electrons. The molecule has 1 heterocycles. The van der Waals surface area contributed by atoms with Crippen LogP contribution in [-0.2, 0) is 6.61 Å². The quantitative estimate of drug-likeness (QED) is 0.125. The van der Waals surface area contributed by atoms with Crippen molar-refractivity contribution in [3.63, 3.8) is 0 Å². The number of thioether (sulfide) groups is 1. The highest BCUT2D eigenvalue weighted by molar-refractivity contribution is 8.05. The van der Waals surface area contributed by atoms with E-state index in [1.807, 2.05) is 30.3 Å². The molecule has 0 atom stereocenters. The number of nitrogens with zero attached hydrogens (tertiary/aromatic N) is 3. The summed E-state index contributed by atoms with van der Waals surface area (Å²) in [5, 5.41) is 20.4. The van der Waals surface area contributed by atoms with Crippen LogP contribution in [0.4, 0.5) is 5.69 Å². The number of non-ortho nitro benzene ring substituents is 1. The van der Waals surface area contributed by atoms with E-state index in [1.54, 1.807) is 48.8 Å². The molecule has 0 spiro atoms. The highest BCUT2D eigenvalue weighted by Gasteiger charge is 2.10. The minimum absolute atomic E-state index is 0.0319. The molecule has 9 heteroatoms. The smallest absolute Gasteiger partial charge is 0.269 e. The molecule has 0 unspecified atom stereocenters. The highest BCUT2D eigenvalue weighted by Crippen LogP contribution is 2.35. The third-order valence-corrected chi connectivity index (χ3v) is 6.63. The Morgan fingerprint density at radius 2 is 1.97 bits per heavy atom. The lowest BCUT2D eigenvalue weighted by molar-refractivity contribution is -0.384. The van der Waals surface area contributed by atoms with Crippen LogP contribution in [0.25, 0.3) is 16.3 Å². The fraction of sp³-hybridized carbons (Fsp3) is 0.0833. The van der Waals surface area contributed by atoms with E-state index in [9.17, 15) is 15.4 Å². The first-order valence-electron chi connectivity index (χ1n) is 9.75. The SMILES string of the molecule is COc1cc(C=C(C#N)Sc2nc3ccccc3s2)ccc1OCc1ccc([N+](=O)[O-])cc1. The molecule has 0 bridgehead atoms. The van der Waals surface area contributed by atoms with Crippen LogP contribution in [0, 0.1) is 21.4 Å². The van der Waals surface area contributed by atoms with Crippen LogP contribution in [0.5, 0.6) is 11.5 Å². The summed E-state index contributed by atoms with van der Waals surface area (Å²) >= 11 is 2.87. The lowest BCUT2D eigenvalue weighted by Gasteiger charge is -2.11. The topological polar surface area (TPSA) is 98.3 Å². The highest BCUT2D eigenvalue weighted by atomic mass is 32.2. The van der Waals surface area contributed by atoms with E-state index in [4.69, 9.17) is 9.47 Å². The molecule has 0 saturated heterocycles. The fourth-order valence-electron chi connectivity index (χ4n) is 2.99. The van der Waals surface area contributed by atoms with Gasteiger partial charge in [0.1, 0.15) is 12.7 Å².